The van der Waals surface area contributed by atoms with Gasteiger partial charge in [-0.15, -0.1) is 0 Å². The Balaban J connectivity index is 1.74. The quantitative estimate of drug-likeness (QED) is 0.732. The molecule has 0 N–H and O–H groups in total. The number of benzene rings is 1. The minimum absolute atomic E-state index is 0.138. The van der Waals surface area contributed by atoms with Crippen molar-refractivity contribution in [2.45, 2.75) is 71.1 Å². The number of amides is 2. The molecule has 3 rings (SSSR count). The first-order valence-electron chi connectivity index (χ1n) is 11.0. The molecular weight excluding hydrogens is 348 g/mol. The van der Waals surface area contributed by atoms with Crippen LogP contribution in [0.3, 0.4) is 0 Å². The second-order valence-electron chi connectivity index (χ2n) is 9.02. The Morgan fingerprint density at radius 2 is 1.79 bits per heavy atom. The predicted octanol–water partition coefficient (Wildman–Crippen LogP) is 4.34. The largest absolute Gasteiger partial charge is 0.343 e. The number of carbonyl (C=O) groups excluding carboxylic acids is 2. The molecule has 0 radical (unpaired) electrons. The lowest BCUT2D eigenvalue weighted by atomic mass is 9.73. The van der Waals surface area contributed by atoms with Gasteiger partial charge in [0, 0.05) is 39.0 Å². The van der Waals surface area contributed by atoms with E-state index in [2.05, 4.69) is 56.9 Å². The Morgan fingerprint density at radius 1 is 1.14 bits per heavy atom. The van der Waals surface area contributed by atoms with Gasteiger partial charge in [-0.3, -0.25) is 9.59 Å². The maximum atomic E-state index is 12.8. The molecule has 0 aromatic heterocycles. The first-order valence-corrected chi connectivity index (χ1v) is 11.0. The fraction of sp³-hybridized carbons (Fsp3) is 0.667. The van der Waals surface area contributed by atoms with Crippen LogP contribution in [0.15, 0.2) is 24.3 Å². The summed E-state index contributed by atoms with van der Waals surface area (Å²) < 4.78 is 0. The highest BCUT2D eigenvalue weighted by Crippen LogP contribution is 2.52. The van der Waals surface area contributed by atoms with Crippen LogP contribution < -0.4 is 0 Å². The number of likely N-dealkylation sites (tertiary alicyclic amines) is 1. The van der Waals surface area contributed by atoms with Crippen molar-refractivity contribution in [1.82, 2.24) is 9.80 Å². The molecule has 4 nitrogen and oxygen atoms in total. The molecular formula is C24H36N2O2. The fourth-order valence-electron chi connectivity index (χ4n) is 5.26. The van der Waals surface area contributed by atoms with Gasteiger partial charge >= 0.3 is 0 Å². The summed E-state index contributed by atoms with van der Waals surface area (Å²) in [5.74, 6) is 1.28. The average Bonchev–Trinajstić information content (AvgIpc) is 2.96. The van der Waals surface area contributed by atoms with Gasteiger partial charge in [0.1, 0.15) is 0 Å². The highest BCUT2D eigenvalue weighted by molar-refractivity contribution is 5.78. The van der Waals surface area contributed by atoms with Crippen molar-refractivity contribution in [3.8, 4) is 0 Å². The topological polar surface area (TPSA) is 40.6 Å². The van der Waals surface area contributed by atoms with E-state index in [0.717, 1.165) is 45.4 Å². The summed E-state index contributed by atoms with van der Waals surface area (Å²) in [5, 5.41) is 0. The van der Waals surface area contributed by atoms with Gasteiger partial charge in [0.15, 0.2) is 0 Å². The van der Waals surface area contributed by atoms with Crippen LogP contribution in [-0.2, 0) is 15.0 Å². The number of nitrogens with zero attached hydrogens (tertiary/aromatic N) is 2. The third-order valence-electron chi connectivity index (χ3n) is 6.80. The zero-order chi connectivity index (χ0) is 20.3. The summed E-state index contributed by atoms with van der Waals surface area (Å²) >= 11 is 0. The molecule has 1 atom stereocenters. The van der Waals surface area contributed by atoms with Crippen molar-refractivity contribution in [3.05, 3.63) is 35.4 Å². The van der Waals surface area contributed by atoms with Crippen LogP contribution in [0, 0.1) is 5.92 Å². The molecule has 0 saturated carbocycles. The van der Waals surface area contributed by atoms with Gasteiger partial charge in [0.2, 0.25) is 11.8 Å². The summed E-state index contributed by atoms with van der Waals surface area (Å²) in [5.41, 5.74) is 2.94. The Labute approximate surface area is 170 Å². The molecule has 154 valence electrons. The lowest BCUT2D eigenvalue weighted by Gasteiger charge is -2.40. The molecule has 1 saturated heterocycles. The maximum Gasteiger partial charge on any atom is 0.223 e. The van der Waals surface area contributed by atoms with Crippen LogP contribution in [0.1, 0.15) is 76.8 Å². The van der Waals surface area contributed by atoms with Crippen LogP contribution >= 0.6 is 0 Å². The molecule has 1 aromatic rings. The molecule has 2 amide bonds. The Hall–Kier alpha value is -1.84. The zero-order valence-electron chi connectivity index (χ0n) is 18.0. The number of hydrogen-bond acceptors (Lipinski definition) is 2. The molecule has 2 aliphatic rings. The third-order valence-corrected chi connectivity index (χ3v) is 6.80. The first kappa shape index (κ1) is 20.9. The van der Waals surface area contributed by atoms with Crippen LogP contribution in [0.4, 0.5) is 0 Å². The van der Waals surface area contributed by atoms with Gasteiger partial charge in [-0.05, 0) is 61.5 Å². The lowest BCUT2D eigenvalue weighted by molar-refractivity contribution is -0.133. The average molecular weight is 385 g/mol. The monoisotopic (exact) mass is 384 g/mol. The van der Waals surface area contributed by atoms with E-state index in [-0.39, 0.29) is 11.3 Å². The maximum absolute atomic E-state index is 12.8. The third kappa shape index (κ3) is 4.11. The highest BCUT2D eigenvalue weighted by Gasteiger charge is 2.46. The van der Waals surface area contributed by atoms with Crippen LogP contribution in [0.2, 0.25) is 0 Å². The standard InChI is InChI=1S/C24H36N2O2/c1-5-25(6-2)23(28)16-19-17-24(21-10-8-7-9-20(19)21)11-13-26(14-12-24)22(27)15-18(3)4/h7-10,18-19H,5-6,11-17H2,1-4H3/t19-/m1/s1. The fourth-order valence-corrected chi connectivity index (χ4v) is 5.26. The minimum Gasteiger partial charge on any atom is -0.343 e. The molecule has 4 heteroatoms. The lowest BCUT2D eigenvalue weighted by Crippen LogP contribution is -2.44. The predicted molar refractivity (Wildman–Crippen MR) is 113 cm³/mol. The second kappa shape index (κ2) is 8.67. The second-order valence-corrected chi connectivity index (χ2v) is 9.02. The van der Waals surface area contributed by atoms with Gasteiger partial charge in [0.05, 0.1) is 0 Å². The number of fused-ring (bicyclic) bond motifs is 2. The highest BCUT2D eigenvalue weighted by atomic mass is 16.2. The van der Waals surface area contributed by atoms with Gasteiger partial charge in [-0.1, -0.05) is 38.1 Å². The van der Waals surface area contributed by atoms with E-state index in [1.807, 2.05) is 4.90 Å². The molecule has 0 unspecified atom stereocenters. The van der Waals surface area contributed by atoms with Crippen molar-refractivity contribution in [2.75, 3.05) is 26.2 Å². The van der Waals surface area contributed by atoms with Crippen molar-refractivity contribution in [1.29, 1.82) is 0 Å². The van der Waals surface area contributed by atoms with Crippen LogP contribution in [0.25, 0.3) is 0 Å². The van der Waals surface area contributed by atoms with E-state index in [9.17, 15) is 9.59 Å². The number of piperidine rings is 1. The Morgan fingerprint density at radius 3 is 2.39 bits per heavy atom. The van der Waals surface area contributed by atoms with E-state index >= 15 is 0 Å². The van der Waals surface area contributed by atoms with Gasteiger partial charge in [0.25, 0.3) is 0 Å². The molecule has 1 aliphatic carbocycles. The molecule has 0 bridgehead atoms. The summed E-state index contributed by atoms with van der Waals surface area (Å²) in [7, 11) is 0. The summed E-state index contributed by atoms with van der Waals surface area (Å²) in [6, 6.07) is 8.73. The zero-order valence-corrected chi connectivity index (χ0v) is 18.0. The smallest absolute Gasteiger partial charge is 0.223 e. The SMILES string of the molecule is CCN(CC)C(=O)C[C@@H]1CC2(CCN(C(=O)CC(C)C)CC2)c2ccccc21. The van der Waals surface area contributed by atoms with E-state index in [1.54, 1.807) is 0 Å². The van der Waals surface area contributed by atoms with E-state index in [1.165, 1.54) is 11.1 Å². The van der Waals surface area contributed by atoms with E-state index in [0.29, 0.717) is 30.6 Å². The summed E-state index contributed by atoms with van der Waals surface area (Å²) in [6.07, 6.45) is 4.33. The van der Waals surface area contributed by atoms with Crippen molar-refractivity contribution in [2.24, 2.45) is 5.92 Å². The summed E-state index contributed by atoms with van der Waals surface area (Å²) in [6.45, 7) is 11.6. The minimum atomic E-state index is 0.138. The van der Waals surface area contributed by atoms with E-state index < -0.39 is 0 Å². The van der Waals surface area contributed by atoms with Crippen molar-refractivity contribution < 1.29 is 9.59 Å². The first-order chi connectivity index (χ1) is 13.4. The van der Waals surface area contributed by atoms with Gasteiger partial charge < -0.3 is 9.80 Å². The van der Waals surface area contributed by atoms with Crippen molar-refractivity contribution >= 4 is 11.8 Å². The molecule has 1 aromatic carbocycles. The van der Waals surface area contributed by atoms with Crippen LogP contribution in [-0.4, -0.2) is 47.8 Å². The van der Waals surface area contributed by atoms with Crippen molar-refractivity contribution in [3.63, 3.8) is 0 Å². The van der Waals surface area contributed by atoms with Crippen LogP contribution in [0.5, 0.6) is 0 Å². The number of rotatable bonds is 6. The molecule has 1 spiro atoms. The molecule has 28 heavy (non-hydrogen) atoms. The Kier molecular flexibility index (Phi) is 6.47. The normalized spacial score (nSPS) is 20.5. The molecule has 1 heterocycles. The summed E-state index contributed by atoms with van der Waals surface area (Å²) in [4.78, 5) is 29.2. The van der Waals surface area contributed by atoms with E-state index in [4.69, 9.17) is 0 Å². The van der Waals surface area contributed by atoms with Gasteiger partial charge in [-0.2, -0.15) is 0 Å². The van der Waals surface area contributed by atoms with Gasteiger partial charge in [-0.25, -0.2) is 0 Å². The molecule has 1 aliphatic heterocycles. The Bertz CT molecular complexity index is 700. The molecule has 1 fully saturated rings. The number of hydrogen-bond donors (Lipinski definition) is 0. The number of carbonyl (C=O) groups is 2.